The molecule has 4 nitrogen and oxygen atoms in total. The molecule has 0 saturated carbocycles. The molecule has 2 heterocycles. The van der Waals surface area contributed by atoms with Crippen LogP contribution in [0.2, 0.25) is 0 Å². The Morgan fingerprint density at radius 1 is 1.64 bits per heavy atom. The molecule has 3 N–H and O–H groups in total. The van der Waals surface area contributed by atoms with Gasteiger partial charge in [-0.2, -0.15) is 0 Å². The fraction of sp³-hybridized carbons (Fsp3) is 0.667. The minimum atomic E-state index is 0.500. The molecule has 1 aliphatic heterocycles. The first-order valence-electron chi connectivity index (χ1n) is 4.73. The van der Waals surface area contributed by atoms with Crippen molar-refractivity contribution in [2.24, 2.45) is 11.3 Å². The number of nitrogen functional groups attached to an aromatic ring is 1. The van der Waals surface area contributed by atoms with E-state index in [2.05, 4.69) is 29.2 Å². The Bertz CT molecular complexity index is 312. The maximum absolute atomic E-state index is 5.27. The van der Waals surface area contributed by atoms with Gasteiger partial charge in [0.15, 0.2) is 5.13 Å². The van der Waals surface area contributed by atoms with Crippen LogP contribution in [0.15, 0.2) is 6.20 Å². The van der Waals surface area contributed by atoms with Crippen LogP contribution in [0.4, 0.5) is 5.13 Å². The zero-order valence-corrected chi connectivity index (χ0v) is 9.40. The molecule has 0 atom stereocenters. The van der Waals surface area contributed by atoms with Gasteiger partial charge >= 0.3 is 0 Å². The summed E-state index contributed by atoms with van der Waals surface area (Å²) in [5.74, 6) is 5.27. The lowest BCUT2D eigenvalue weighted by atomic mass is 9.84. The molecule has 1 aromatic heterocycles. The summed E-state index contributed by atoms with van der Waals surface area (Å²) in [6.07, 6.45) is 1.89. The number of hydrogen-bond donors (Lipinski definition) is 2. The zero-order valence-electron chi connectivity index (χ0n) is 8.58. The smallest absolute Gasteiger partial charge is 0.197 e. The van der Waals surface area contributed by atoms with E-state index in [-0.39, 0.29) is 0 Å². The van der Waals surface area contributed by atoms with Crippen LogP contribution in [0.5, 0.6) is 0 Å². The summed E-state index contributed by atoms with van der Waals surface area (Å²) in [5, 5.41) is 0.791. The van der Waals surface area contributed by atoms with Crippen LogP contribution in [0, 0.1) is 5.41 Å². The van der Waals surface area contributed by atoms with Gasteiger partial charge in [-0.1, -0.05) is 25.2 Å². The summed E-state index contributed by atoms with van der Waals surface area (Å²) >= 11 is 1.62. The van der Waals surface area contributed by atoms with Gasteiger partial charge in [-0.25, -0.2) is 10.8 Å². The first-order chi connectivity index (χ1) is 6.59. The Morgan fingerprint density at radius 2 is 2.36 bits per heavy atom. The second-order valence-electron chi connectivity index (χ2n) is 4.59. The van der Waals surface area contributed by atoms with Crippen LogP contribution in [0.25, 0.3) is 0 Å². The monoisotopic (exact) mass is 212 g/mol. The summed E-state index contributed by atoms with van der Waals surface area (Å²) in [7, 11) is 0. The number of nitrogens with zero attached hydrogens (tertiary/aromatic N) is 2. The zero-order chi connectivity index (χ0) is 10.2. The molecule has 0 aromatic carbocycles. The van der Waals surface area contributed by atoms with Crippen molar-refractivity contribution in [2.75, 3.05) is 18.5 Å². The van der Waals surface area contributed by atoms with Gasteiger partial charge in [0.1, 0.15) is 0 Å². The molecule has 0 amide bonds. The van der Waals surface area contributed by atoms with Gasteiger partial charge in [-0.05, 0) is 5.41 Å². The third-order valence-corrected chi connectivity index (χ3v) is 3.27. The summed E-state index contributed by atoms with van der Waals surface area (Å²) in [5.41, 5.74) is 3.06. The summed E-state index contributed by atoms with van der Waals surface area (Å²) in [4.78, 5) is 7.83. The number of aromatic nitrogens is 1. The quantitative estimate of drug-likeness (QED) is 0.585. The van der Waals surface area contributed by atoms with E-state index in [1.165, 1.54) is 18.0 Å². The van der Waals surface area contributed by atoms with Crippen LogP contribution < -0.4 is 11.3 Å². The van der Waals surface area contributed by atoms with E-state index in [9.17, 15) is 0 Å². The number of hydrazine groups is 1. The average molecular weight is 212 g/mol. The lowest BCUT2D eigenvalue weighted by Gasteiger charge is -2.45. The predicted octanol–water partition coefficient (Wildman–Crippen LogP) is 1.27. The maximum atomic E-state index is 5.27. The Kier molecular flexibility index (Phi) is 2.47. The lowest BCUT2D eigenvalue weighted by molar-refractivity contribution is 0.0250. The van der Waals surface area contributed by atoms with E-state index in [0.29, 0.717) is 5.41 Å². The highest BCUT2D eigenvalue weighted by atomic mass is 32.1. The van der Waals surface area contributed by atoms with E-state index in [1.54, 1.807) is 11.3 Å². The first-order valence-corrected chi connectivity index (χ1v) is 5.54. The van der Waals surface area contributed by atoms with Crippen LogP contribution in [0.3, 0.4) is 0 Å². The van der Waals surface area contributed by atoms with Crippen LogP contribution >= 0.6 is 11.3 Å². The number of likely N-dealkylation sites (tertiary alicyclic amines) is 1. The fourth-order valence-electron chi connectivity index (χ4n) is 1.94. The molecule has 2 rings (SSSR count). The van der Waals surface area contributed by atoms with E-state index >= 15 is 0 Å². The second-order valence-corrected chi connectivity index (χ2v) is 5.70. The van der Waals surface area contributed by atoms with E-state index in [0.717, 1.165) is 11.7 Å². The number of nitrogens with two attached hydrogens (primary N) is 1. The van der Waals surface area contributed by atoms with Crippen molar-refractivity contribution in [3.8, 4) is 0 Å². The van der Waals surface area contributed by atoms with Gasteiger partial charge < -0.3 is 0 Å². The summed E-state index contributed by atoms with van der Waals surface area (Å²) < 4.78 is 0. The molecule has 1 aromatic rings. The minimum absolute atomic E-state index is 0.500. The molecule has 1 saturated heterocycles. The fourth-order valence-corrected chi connectivity index (χ4v) is 2.71. The molecule has 0 spiro atoms. The van der Waals surface area contributed by atoms with Crippen LogP contribution in [-0.2, 0) is 6.54 Å². The molecule has 0 unspecified atom stereocenters. The average Bonchev–Trinajstić information content (AvgIpc) is 2.49. The SMILES string of the molecule is CC1(C)CN(Cc2cnc(NN)s2)C1. The van der Waals surface area contributed by atoms with E-state index < -0.39 is 0 Å². The molecular formula is C9H16N4S. The molecule has 0 aliphatic carbocycles. The number of anilines is 1. The van der Waals surface area contributed by atoms with Gasteiger partial charge in [-0.3, -0.25) is 10.3 Å². The van der Waals surface area contributed by atoms with Crippen LogP contribution in [-0.4, -0.2) is 23.0 Å². The Hall–Kier alpha value is -0.650. The van der Waals surface area contributed by atoms with E-state index in [1.807, 2.05) is 6.20 Å². The molecule has 14 heavy (non-hydrogen) atoms. The summed E-state index contributed by atoms with van der Waals surface area (Å²) in [6, 6.07) is 0. The number of thiazole rings is 1. The highest BCUT2D eigenvalue weighted by Crippen LogP contribution is 2.31. The highest BCUT2D eigenvalue weighted by molar-refractivity contribution is 7.15. The third kappa shape index (κ3) is 2.05. The standard InChI is InChI=1S/C9H16N4S/c1-9(2)5-13(6-9)4-7-3-11-8(12-10)14-7/h3H,4-6,10H2,1-2H3,(H,11,12). The van der Waals surface area contributed by atoms with Gasteiger partial charge in [0.05, 0.1) is 0 Å². The van der Waals surface area contributed by atoms with Crippen molar-refractivity contribution < 1.29 is 0 Å². The third-order valence-electron chi connectivity index (χ3n) is 2.36. The Morgan fingerprint density at radius 3 is 2.86 bits per heavy atom. The van der Waals surface area contributed by atoms with Crippen molar-refractivity contribution >= 4 is 16.5 Å². The molecule has 0 radical (unpaired) electrons. The van der Waals surface area contributed by atoms with Crippen molar-refractivity contribution in [3.63, 3.8) is 0 Å². The molecule has 1 fully saturated rings. The topological polar surface area (TPSA) is 54.2 Å². The second kappa shape index (κ2) is 3.49. The van der Waals surface area contributed by atoms with Crippen molar-refractivity contribution in [1.29, 1.82) is 0 Å². The molecule has 78 valence electrons. The predicted molar refractivity (Wildman–Crippen MR) is 59.0 cm³/mol. The highest BCUT2D eigenvalue weighted by Gasteiger charge is 2.33. The number of hydrogen-bond acceptors (Lipinski definition) is 5. The molecule has 5 heteroatoms. The van der Waals surface area contributed by atoms with Crippen LogP contribution in [0.1, 0.15) is 18.7 Å². The number of rotatable bonds is 3. The number of nitrogens with one attached hydrogen (secondary N) is 1. The van der Waals surface area contributed by atoms with Gasteiger partial charge in [-0.15, -0.1) is 0 Å². The molecular weight excluding hydrogens is 196 g/mol. The first kappa shape index (κ1) is 9.89. The van der Waals surface area contributed by atoms with Crippen molar-refractivity contribution in [1.82, 2.24) is 9.88 Å². The van der Waals surface area contributed by atoms with Gasteiger partial charge in [0.2, 0.25) is 0 Å². The van der Waals surface area contributed by atoms with Crippen molar-refractivity contribution in [2.45, 2.75) is 20.4 Å². The Labute approximate surface area is 88.1 Å². The maximum Gasteiger partial charge on any atom is 0.197 e. The molecule has 0 bridgehead atoms. The Balaban J connectivity index is 1.87. The van der Waals surface area contributed by atoms with Crippen molar-refractivity contribution in [3.05, 3.63) is 11.1 Å². The summed E-state index contributed by atoms with van der Waals surface area (Å²) in [6.45, 7) is 7.95. The minimum Gasteiger partial charge on any atom is -0.300 e. The van der Waals surface area contributed by atoms with E-state index in [4.69, 9.17) is 5.84 Å². The van der Waals surface area contributed by atoms with Gasteiger partial charge in [0.25, 0.3) is 0 Å². The van der Waals surface area contributed by atoms with Gasteiger partial charge in [0, 0.05) is 30.7 Å². The molecule has 1 aliphatic rings. The largest absolute Gasteiger partial charge is 0.300 e. The lowest BCUT2D eigenvalue weighted by Crippen LogP contribution is -2.51. The normalized spacial score (nSPS) is 20.5.